The van der Waals surface area contributed by atoms with Gasteiger partial charge in [-0.15, -0.1) is 11.6 Å². The molecule has 1 N–H and O–H groups in total. The van der Waals surface area contributed by atoms with E-state index in [-0.39, 0.29) is 16.0 Å². The molecule has 0 aliphatic rings. The molecule has 5 nitrogen and oxygen atoms in total. The Kier molecular flexibility index (Phi) is 3.77. The Morgan fingerprint density at radius 1 is 1.29 bits per heavy atom. The van der Waals surface area contributed by atoms with Crippen molar-refractivity contribution in [3.05, 3.63) is 16.6 Å². The van der Waals surface area contributed by atoms with Crippen molar-refractivity contribution in [2.24, 2.45) is 0 Å². The van der Waals surface area contributed by atoms with Crippen molar-refractivity contribution in [1.29, 1.82) is 0 Å². The maximum atomic E-state index is 11.1. The lowest BCUT2D eigenvalue weighted by atomic mass is 10.6. The number of aromatic nitrogens is 2. The number of nitrogens with zero attached hydrogens (tertiary/aromatic N) is 2. The molecule has 0 bridgehead atoms. The minimum atomic E-state index is -3.65. The van der Waals surface area contributed by atoms with Gasteiger partial charge in [0.05, 0.1) is 0 Å². The van der Waals surface area contributed by atoms with Crippen LogP contribution in [0.25, 0.3) is 0 Å². The molecule has 9 heteroatoms. The third kappa shape index (κ3) is 2.84. The first kappa shape index (κ1) is 11.8. The van der Waals surface area contributed by atoms with Crippen LogP contribution in [-0.2, 0) is 10.0 Å². The molecule has 0 atom stereocenters. The van der Waals surface area contributed by atoms with E-state index < -0.39 is 15.2 Å². The van der Waals surface area contributed by atoms with Gasteiger partial charge in [-0.2, -0.15) is 0 Å². The van der Waals surface area contributed by atoms with Crippen LogP contribution >= 0.6 is 34.8 Å². The number of alkyl halides is 1. The van der Waals surface area contributed by atoms with Gasteiger partial charge in [-0.3, -0.25) is 4.72 Å². The van der Waals surface area contributed by atoms with Crippen molar-refractivity contribution in [2.45, 2.75) is 0 Å². The third-order valence-electron chi connectivity index (χ3n) is 1.16. The van der Waals surface area contributed by atoms with Crippen molar-refractivity contribution in [1.82, 2.24) is 9.97 Å². The average Bonchev–Trinajstić information content (AvgIpc) is 2.12. The number of nitrogens with one attached hydrogen (secondary N) is 1. The fourth-order valence-electron chi connectivity index (χ4n) is 0.611. The number of sulfonamides is 1. The summed E-state index contributed by atoms with van der Waals surface area (Å²) in [6.45, 7) is 0. The minimum absolute atomic E-state index is 0.0727. The van der Waals surface area contributed by atoms with Gasteiger partial charge in [0.1, 0.15) is 17.2 Å². The molecule has 0 saturated heterocycles. The van der Waals surface area contributed by atoms with E-state index in [1.807, 2.05) is 0 Å². The van der Waals surface area contributed by atoms with Gasteiger partial charge in [0.15, 0.2) is 10.3 Å². The Morgan fingerprint density at radius 2 is 1.79 bits per heavy atom. The molecule has 0 amide bonds. The molecular weight excluding hydrogens is 272 g/mol. The maximum absolute atomic E-state index is 11.1. The van der Waals surface area contributed by atoms with Crippen molar-refractivity contribution >= 4 is 50.5 Å². The summed E-state index contributed by atoms with van der Waals surface area (Å²) < 4.78 is 24.2. The highest BCUT2D eigenvalue weighted by Gasteiger charge is 2.15. The van der Waals surface area contributed by atoms with E-state index in [9.17, 15) is 8.42 Å². The summed E-state index contributed by atoms with van der Waals surface area (Å²) in [5.74, 6) is 0. The summed E-state index contributed by atoms with van der Waals surface area (Å²) in [5, 5.41) is -0.772. The zero-order valence-corrected chi connectivity index (χ0v) is 9.62. The highest BCUT2D eigenvalue weighted by molar-refractivity contribution is 7.93. The minimum Gasteiger partial charge on any atom is -0.277 e. The molecule has 1 aromatic heterocycles. The van der Waals surface area contributed by atoms with E-state index in [0.29, 0.717) is 0 Å². The molecule has 0 radical (unpaired) electrons. The van der Waals surface area contributed by atoms with Crippen LogP contribution in [0.5, 0.6) is 0 Å². The summed E-state index contributed by atoms with van der Waals surface area (Å²) in [6, 6.07) is 0. The zero-order chi connectivity index (χ0) is 10.8. The molecule has 1 rings (SSSR count). The molecule has 78 valence electrons. The number of rotatable bonds is 3. The normalized spacial score (nSPS) is 11.4. The predicted molar refractivity (Wildman–Crippen MR) is 55.3 cm³/mol. The molecule has 0 fully saturated rings. The molecule has 0 unspecified atom stereocenters. The SMILES string of the molecule is O=S(=O)(CCl)Nc1c(Cl)ncnc1Cl. The lowest BCUT2D eigenvalue weighted by molar-refractivity contribution is 0.605. The van der Waals surface area contributed by atoms with Crippen LogP contribution in [0, 0.1) is 0 Å². The smallest absolute Gasteiger partial charge is 0.246 e. The van der Waals surface area contributed by atoms with E-state index in [2.05, 4.69) is 14.7 Å². The lowest BCUT2D eigenvalue weighted by Crippen LogP contribution is -2.14. The fourth-order valence-corrected chi connectivity index (χ4v) is 1.86. The van der Waals surface area contributed by atoms with Gasteiger partial charge < -0.3 is 0 Å². The summed E-state index contributed by atoms with van der Waals surface area (Å²) >= 11 is 16.3. The second-order valence-electron chi connectivity index (χ2n) is 2.16. The monoisotopic (exact) mass is 275 g/mol. The van der Waals surface area contributed by atoms with Crippen LogP contribution in [0.2, 0.25) is 10.3 Å². The Labute approximate surface area is 95.5 Å². The Balaban J connectivity index is 3.09. The first-order valence-corrected chi connectivity index (χ1v) is 6.13. The maximum Gasteiger partial charge on any atom is 0.246 e. The third-order valence-corrected chi connectivity index (χ3v) is 3.39. The summed E-state index contributed by atoms with van der Waals surface area (Å²) in [7, 11) is -3.65. The topological polar surface area (TPSA) is 72.0 Å². The van der Waals surface area contributed by atoms with Crippen molar-refractivity contribution in [3.8, 4) is 0 Å². The lowest BCUT2D eigenvalue weighted by Gasteiger charge is -2.06. The summed E-state index contributed by atoms with van der Waals surface area (Å²) in [4.78, 5) is 7.12. The number of hydrogen-bond donors (Lipinski definition) is 1. The standard InChI is InChI=1S/C5H4Cl3N3O2S/c6-1-14(12,13)11-3-4(7)9-2-10-5(3)8/h2,11H,1H2. The summed E-state index contributed by atoms with van der Waals surface area (Å²) in [5.41, 5.74) is -0.0727. The second-order valence-corrected chi connectivity index (χ2v) is 5.18. The van der Waals surface area contributed by atoms with E-state index in [1.54, 1.807) is 0 Å². The van der Waals surface area contributed by atoms with E-state index in [4.69, 9.17) is 34.8 Å². The van der Waals surface area contributed by atoms with E-state index in [0.717, 1.165) is 6.33 Å². The summed E-state index contributed by atoms with van der Waals surface area (Å²) in [6.07, 6.45) is 1.11. The van der Waals surface area contributed by atoms with Gasteiger partial charge in [0.2, 0.25) is 10.0 Å². The Hall–Kier alpha value is -0.300. The number of anilines is 1. The molecule has 0 spiro atoms. The van der Waals surface area contributed by atoms with Gasteiger partial charge in [-0.05, 0) is 0 Å². The number of hydrogen-bond acceptors (Lipinski definition) is 4. The molecule has 1 heterocycles. The van der Waals surface area contributed by atoms with Gasteiger partial charge in [0.25, 0.3) is 0 Å². The van der Waals surface area contributed by atoms with Crippen LogP contribution in [0.4, 0.5) is 5.69 Å². The van der Waals surface area contributed by atoms with Crippen LogP contribution < -0.4 is 4.72 Å². The molecule has 0 aromatic carbocycles. The van der Waals surface area contributed by atoms with E-state index >= 15 is 0 Å². The molecule has 1 aromatic rings. The predicted octanol–water partition coefficient (Wildman–Crippen LogP) is 1.72. The highest BCUT2D eigenvalue weighted by atomic mass is 35.5. The van der Waals surface area contributed by atoms with Crippen molar-refractivity contribution in [3.63, 3.8) is 0 Å². The Bertz CT molecular complexity index is 416. The fraction of sp³-hybridized carbons (Fsp3) is 0.200. The molecule has 0 aliphatic carbocycles. The van der Waals surface area contributed by atoms with Crippen LogP contribution in [0.15, 0.2) is 6.33 Å². The van der Waals surface area contributed by atoms with Crippen molar-refractivity contribution < 1.29 is 8.42 Å². The molecule has 0 saturated carbocycles. The van der Waals surface area contributed by atoms with Gasteiger partial charge >= 0.3 is 0 Å². The quantitative estimate of drug-likeness (QED) is 0.674. The molecule has 0 aliphatic heterocycles. The molecule has 14 heavy (non-hydrogen) atoms. The van der Waals surface area contributed by atoms with Crippen LogP contribution in [-0.4, -0.2) is 23.6 Å². The van der Waals surface area contributed by atoms with Gasteiger partial charge in [0, 0.05) is 0 Å². The van der Waals surface area contributed by atoms with Gasteiger partial charge in [-0.1, -0.05) is 23.2 Å². The van der Waals surface area contributed by atoms with Crippen LogP contribution in [0.3, 0.4) is 0 Å². The first-order valence-electron chi connectivity index (χ1n) is 3.18. The average molecular weight is 277 g/mol. The Morgan fingerprint density at radius 3 is 2.21 bits per heavy atom. The second kappa shape index (κ2) is 4.48. The van der Waals surface area contributed by atoms with E-state index in [1.165, 1.54) is 0 Å². The largest absolute Gasteiger partial charge is 0.277 e. The zero-order valence-electron chi connectivity index (χ0n) is 6.54. The van der Waals surface area contributed by atoms with Crippen molar-refractivity contribution in [2.75, 3.05) is 9.93 Å². The highest BCUT2D eigenvalue weighted by Crippen LogP contribution is 2.26. The number of halogens is 3. The first-order chi connectivity index (χ1) is 6.46. The molecular formula is C5H4Cl3N3O2S. The van der Waals surface area contributed by atoms with Crippen LogP contribution in [0.1, 0.15) is 0 Å². The van der Waals surface area contributed by atoms with Gasteiger partial charge in [-0.25, -0.2) is 18.4 Å².